The molecule has 0 aliphatic carbocycles. The third-order valence-electron chi connectivity index (χ3n) is 2.55. The van der Waals surface area contributed by atoms with Crippen LogP contribution in [0.2, 0.25) is 5.02 Å². The molecule has 0 fully saturated rings. The number of hydrogen-bond acceptors (Lipinski definition) is 3. The predicted molar refractivity (Wildman–Crippen MR) is 70.6 cm³/mol. The summed E-state index contributed by atoms with van der Waals surface area (Å²) in [6, 6.07) is 3.35. The van der Waals surface area contributed by atoms with Crippen molar-refractivity contribution in [1.82, 2.24) is 4.98 Å². The summed E-state index contributed by atoms with van der Waals surface area (Å²) in [4.78, 5) is 4.07. The summed E-state index contributed by atoms with van der Waals surface area (Å²) in [7, 11) is 0. The number of thiazole rings is 1. The molecule has 1 atom stereocenters. The first-order chi connectivity index (χ1) is 8.88. The van der Waals surface area contributed by atoms with Crippen molar-refractivity contribution in [3.8, 4) is 0 Å². The summed E-state index contributed by atoms with van der Waals surface area (Å²) in [6.45, 7) is 1.75. The van der Waals surface area contributed by atoms with Crippen molar-refractivity contribution in [1.29, 1.82) is 0 Å². The summed E-state index contributed by atoms with van der Waals surface area (Å²) in [6.07, 6.45) is -4.45. The lowest BCUT2D eigenvalue weighted by atomic mass is 10.1. The Morgan fingerprint density at radius 2 is 2.11 bits per heavy atom. The van der Waals surface area contributed by atoms with Crippen LogP contribution in [0.5, 0.6) is 0 Å². The van der Waals surface area contributed by atoms with Crippen LogP contribution in [0.1, 0.15) is 24.2 Å². The van der Waals surface area contributed by atoms with Crippen LogP contribution < -0.4 is 5.32 Å². The highest BCUT2D eigenvalue weighted by Crippen LogP contribution is 2.37. The summed E-state index contributed by atoms with van der Waals surface area (Å²) in [5.41, 5.74) is 1.56. The molecular formula is C12H10ClF3N2S. The van der Waals surface area contributed by atoms with E-state index in [0.717, 1.165) is 6.07 Å². The number of halogens is 4. The molecule has 2 aromatic rings. The molecule has 2 nitrogen and oxygen atoms in total. The van der Waals surface area contributed by atoms with Crippen LogP contribution in [0.3, 0.4) is 0 Å². The summed E-state index contributed by atoms with van der Waals surface area (Å²) in [5.74, 6) is 0. The van der Waals surface area contributed by atoms with Crippen LogP contribution >= 0.6 is 22.9 Å². The Morgan fingerprint density at radius 1 is 1.37 bits per heavy atom. The standard InChI is InChI=1S/C12H10ClF3N2S/c1-7(11-5-19-6-17-11)18-10-3-2-8(13)4-9(10)12(14,15)16/h2-7,18H,1H3. The molecule has 2 rings (SSSR count). The fourth-order valence-corrected chi connectivity index (χ4v) is 2.44. The van der Waals surface area contributed by atoms with E-state index >= 15 is 0 Å². The van der Waals surface area contributed by atoms with Crippen LogP contribution in [0.25, 0.3) is 0 Å². The molecule has 1 N–H and O–H groups in total. The number of nitrogens with zero attached hydrogens (tertiary/aromatic N) is 1. The molecule has 1 unspecified atom stereocenters. The van der Waals surface area contributed by atoms with E-state index in [1.54, 1.807) is 17.8 Å². The molecule has 0 spiro atoms. The van der Waals surface area contributed by atoms with Crippen molar-refractivity contribution in [3.63, 3.8) is 0 Å². The molecule has 19 heavy (non-hydrogen) atoms. The van der Waals surface area contributed by atoms with E-state index in [0.29, 0.717) is 5.69 Å². The van der Waals surface area contributed by atoms with Crippen molar-refractivity contribution in [2.24, 2.45) is 0 Å². The molecule has 0 saturated carbocycles. The van der Waals surface area contributed by atoms with Gasteiger partial charge in [0.05, 0.1) is 22.8 Å². The largest absolute Gasteiger partial charge is 0.418 e. The fourth-order valence-electron chi connectivity index (χ4n) is 1.62. The van der Waals surface area contributed by atoms with E-state index in [4.69, 9.17) is 11.6 Å². The van der Waals surface area contributed by atoms with Gasteiger partial charge in [-0.15, -0.1) is 11.3 Å². The van der Waals surface area contributed by atoms with Gasteiger partial charge in [-0.1, -0.05) is 11.6 Å². The summed E-state index contributed by atoms with van der Waals surface area (Å²) < 4.78 is 38.7. The molecule has 1 aromatic heterocycles. The van der Waals surface area contributed by atoms with E-state index in [-0.39, 0.29) is 16.8 Å². The number of benzene rings is 1. The van der Waals surface area contributed by atoms with Crippen LogP contribution in [-0.2, 0) is 6.18 Å². The van der Waals surface area contributed by atoms with E-state index in [1.807, 2.05) is 0 Å². The lowest BCUT2D eigenvalue weighted by Gasteiger charge is -2.18. The predicted octanol–water partition coefficient (Wildman–Crippen LogP) is 4.99. The van der Waals surface area contributed by atoms with Gasteiger partial charge in [0.1, 0.15) is 0 Å². The van der Waals surface area contributed by atoms with Gasteiger partial charge >= 0.3 is 6.18 Å². The van der Waals surface area contributed by atoms with Gasteiger partial charge in [0.2, 0.25) is 0 Å². The molecule has 0 aliphatic rings. The Labute approximate surface area is 117 Å². The molecular weight excluding hydrogens is 297 g/mol. The Kier molecular flexibility index (Phi) is 4.01. The molecule has 0 aliphatic heterocycles. The minimum atomic E-state index is -4.45. The quantitative estimate of drug-likeness (QED) is 0.864. The second-order valence-corrected chi connectivity index (χ2v) is 5.12. The van der Waals surface area contributed by atoms with E-state index in [9.17, 15) is 13.2 Å². The monoisotopic (exact) mass is 306 g/mol. The van der Waals surface area contributed by atoms with E-state index in [2.05, 4.69) is 10.3 Å². The van der Waals surface area contributed by atoms with Gasteiger partial charge in [0, 0.05) is 16.1 Å². The van der Waals surface area contributed by atoms with Crippen molar-refractivity contribution in [3.05, 3.63) is 45.4 Å². The first-order valence-corrected chi connectivity index (χ1v) is 6.71. The molecule has 0 radical (unpaired) electrons. The van der Waals surface area contributed by atoms with Gasteiger partial charge in [-0.25, -0.2) is 4.98 Å². The molecule has 1 aromatic carbocycles. The average Bonchev–Trinajstić information content (AvgIpc) is 2.83. The minimum Gasteiger partial charge on any atom is -0.376 e. The van der Waals surface area contributed by atoms with Gasteiger partial charge < -0.3 is 5.32 Å². The van der Waals surface area contributed by atoms with Crippen LogP contribution in [0, 0.1) is 0 Å². The first-order valence-electron chi connectivity index (χ1n) is 5.39. The second-order valence-electron chi connectivity index (χ2n) is 3.97. The van der Waals surface area contributed by atoms with Gasteiger partial charge in [-0.3, -0.25) is 0 Å². The van der Waals surface area contributed by atoms with Gasteiger partial charge in [-0.05, 0) is 25.1 Å². The highest BCUT2D eigenvalue weighted by atomic mass is 35.5. The van der Waals surface area contributed by atoms with Crippen molar-refractivity contribution in [2.75, 3.05) is 5.32 Å². The van der Waals surface area contributed by atoms with Crippen LogP contribution in [0.15, 0.2) is 29.1 Å². The lowest BCUT2D eigenvalue weighted by Crippen LogP contribution is -2.13. The number of hydrogen-bond donors (Lipinski definition) is 1. The Balaban J connectivity index is 2.30. The first kappa shape index (κ1) is 14.1. The van der Waals surface area contributed by atoms with Crippen LogP contribution in [0.4, 0.5) is 18.9 Å². The second kappa shape index (κ2) is 5.38. The summed E-state index contributed by atoms with van der Waals surface area (Å²) in [5, 5.41) is 4.66. The number of alkyl halides is 3. The summed E-state index contributed by atoms with van der Waals surface area (Å²) >= 11 is 7.02. The maximum absolute atomic E-state index is 12.9. The van der Waals surface area contributed by atoms with E-state index in [1.165, 1.54) is 23.5 Å². The van der Waals surface area contributed by atoms with Gasteiger partial charge in [0.25, 0.3) is 0 Å². The topological polar surface area (TPSA) is 24.9 Å². The van der Waals surface area contributed by atoms with Crippen LogP contribution in [-0.4, -0.2) is 4.98 Å². The van der Waals surface area contributed by atoms with E-state index < -0.39 is 11.7 Å². The SMILES string of the molecule is CC(Nc1ccc(Cl)cc1C(F)(F)F)c1cscn1. The number of anilines is 1. The Hall–Kier alpha value is -1.27. The smallest absolute Gasteiger partial charge is 0.376 e. The normalized spacial score (nSPS) is 13.3. The average molecular weight is 307 g/mol. The number of rotatable bonds is 3. The van der Waals surface area contributed by atoms with Gasteiger partial charge in [-0.2, -0.15) is 13.2 Å². The molecule has 102 valence electrons. The Morgan fingerprint density at radius 3 is 2.68 bits per heavy atom. The maximum Gasteiger partial charge on any atom is 0.418 e. The zero-order valence-electron chi connectivity index (χ0n) is 9.83. The zero-order valence-corrected chi connectivity index (χ0v) is 11.4. The molecule has 0 saturated heterocycles. The molecule has 0 bridgehead atoms. The highest BCUT2D eigenvalue weighted by molar-refractivity contribution is 7.07. The third-order valence-corrected chi connectivity index (χ3v) is 3.39. The highest BCUT2D eigenvalue weighted by Gasteiger charge is 2.34. The molecule has 7 heteroatoms. The van der Waals surface area contributed by atoms with Gasteiger partial charge in [0.15, 0.2) is 0 Å². The fraction of sp³-hybridized carbons (Fsp3) is 0.250. The number of aromatic nitrogens is 1. The molecule has 1 heterocycles. The zero-order chi connectivity index (χ0) is 14.0. The third kappa shape index (κ3) is 3.39. The Bertz CT molecular complexity index is 555. The van der Waals surface area contributed by atoms with Crippen molar-refractivity contribution >= 4 is 28.6 Å². The lowest BCUT2D eigenvalue weighted by molar-refractivity contribution is -0.137. The molecule has 0 amide bonds. The van der Waals surface area contributed by atoms with Crippen molar-refractivity contribution < 1.29 is 13.2 Å². The minimum absolute atomic E-state index is 0.00241. The van der Waals surface area contributed by atoms with Crippen molar-refractivity contribution in [2.45, 2.75) is 19.1 Å². The number of nitrogens with one attached hydrogen (secondary N) is 1. The maximum atomic E-state index is 12.9.